The highest BCUT2D eigenvalue weighted by molar-refractivity contribution is 5.86. The van der Waals surface area contributed by atoms with E-state index < -0.39 is 17.4 Å². The maximum atomic E-state index is 11.7. The molecule has 0 spiro atoms. The molecule has 0 saturated carbocycles. The smallest absolute Gasteiger partial charge is 0.303 e. The molecule has 0 saturated heterocycles. The third-order valence-corrected chi connectivity index (χ3v) is 7.11. The maximum absolute atomic E-state index is 11.7. The van der Waals surface area contributed by atoms with Gasteiger partial charge in [0.15, 0.2) is 0 Å². The summed E-state index contributed by atoms with van der Waals surface area (Å²) in [7, 11) is 0. The van der Waals surface area contributed by atoms with Crippen LogP contribution in [0, 0.1) is 0 Å². The third kappa shape index (κ3) is 4.24. The average Bonchev–Trinajstić information content (AvgIpc) is 3.16. The third-order valence-electron chi connectivity index (χ3n) is 7.11. The molecule has 5 rings (SSSR count). The van der Waals surface area contributed by atoms with Crippen molar-refractivity contribution < 1.29 is 19.8 Å². The average molecular weight is 463 g/mol. The van der Waals surface area contributed by atoms with Gasteiger partial charge in [-0.1, -0.05) is 84.9 Å². The predicted octanol–water partition coefficient (Wildman–Crippen LogP) is 7.02. The molecule has 0 unspecified atom stereocenters. The minimum atomic E-state index is -0.881. The van der Waals surface area contributed by atoms with Gasteiger partial charge in [-0.2, -0.15) is 0 Å². The zero-order valence-corrected chi connectivity index (χ0v) is 19.3. The van der Waals surface area contributed by atoms with Crippen LogP contribution in [-0.2, 0) is 15.0 Å². The minimum absolute atomic E-state index is 0.0381. The Morgan fingerprint density at radius 3 is 1.31 bits per heavy atom. The highest BCUT2D eigenvalue weighted by Gasteiger charge is 2.43. The van der Waals surface area contributed by atoms with Crippen LogP contribution in [0.1, 0.15) is 36.8 Å². The summed E-state index contributed by atoms with van der Waals surface area (Å²) in [6, 6.07) is 32.8. The summed E-state index contributed by atoms with van der Waals surface area (Å²) in [4.78, 5) is 23.4. The molecular formula is C31H26O4. The standard InChI is InChI=1S/C31H26O4/c32-29(33)15-17-31(18-16-30(34)35)27-19-23(21-7-3-1-4-8-21)11-13-25(27)26-14-12-24(20-28(26)31)22-9-5-2-6-10-22/h1-14,19-20H,15-18H2,(H,32,33)(H,34,35). The number of carboxylic acid groups (broad SMARTS) is 2. The lowest BCUT2D eigenvalue weighted by molar-refractivity contribution is -0.137. The van der Waals surface area contributed by atoms with Gasteiger partial charge in [0.2, 0.25) is 0 Å². The molecule has 0 atom stereocenters. The Kier molecular flexibility index (Phi) is 5.96. The van der Waals surface area contributed by atoms with Gasteiger partial charge in [-0.05, 0) is 69.5 Å². The van der Waals surface area contributed by atoms with Gasteiger partial charge in [0.25, 0.3) is 0 Å². The molecule has 0 amide bonds. The van der Waals surface area contributed by atoms with Crippen molar-refractivity contribution in [1.29, 1.82) is 0 Å². The second-order valence-electron chi connectivity index (χ2n) is 9.12. The number of carboxylic acids is 2. The van der Waals surface area contributed by atoms with Crippen molar-refractivity contribution in [2.24, 2.45) is 0 Å². The summed E-state index contributed by atoms with van der Waals surface area (Å²) in [6.45, 7) is 0. The lowest BCUT2D eigenvalue weighted by Crippen LogP contribution is -2.27. The van der Waals surface area contributed by atoms with Gasteiger partial charge < -0.3 is 10.2 Å². The number of hydrogen-bond donors (Lipinski definition) is 2. The highest BCUT2D eigenvalue weighted by atomic mass is 16.4. The first kappa shape index (κ1) is 22.6. The van der Waals surface area contributed by atoms with Crippen molar-refractivity contribution in [3.05, 3.63) is 108 Å². The molecule has 0 fully saturated rings. The Morgan fingerprint density at radius 1 is 0.543 bits per heavy atom. The van der Waals surface area contributed by atoms with E-state index in [-0.39, 0.29) is 12.8 Å². The summed E-state index contributed by atoms with van der Waals surface area (Å²) < 4.78 is 0. The number of aliphatic carboxylic acids is 2. The van der Waals surface area contributed by atoms with Gasteiger partial charge in [-0.25, -0.2) is 0 Å². The fourth-order valence-corrected chi connectivity index (χ4v) is 5.42. The van der Waals surface area contributed by atoms with Crippen LogP contribution in [0.25, 0.3) is 33.4 Å². The summed E-state index contributed by atoms with van der Waals surface area (Å²) >= 11 is 0. The van der Waals surface area contributed by atoms with Crippen LogP contribution < -0.4 is 0 Å². The molecule has 174 valence electrons. The number of fused-ring (bicyclic) bond motifs is 3. The lowest BCUT2D eigenvalue weighted by Gasteiger charge is -2.32. The number of hydrogen-bond acceptors (Lipinski definition) is 2. The van der Waals surface area contributed by atoms with Gasteiger partial charge in [0, 0.05) is 18.3 Å². The molecule has 0 bridgehead atoms. The van der Waals surface area contributed by atoms with E-state index in [2.05, 4.69) is 36.4 Å². The van der Waals surface area contributed by atoms with Crippen molar-refractivity contribution in [3.8, 4) is 33.4 Å². The highest BCUT2D eigenvalue weighted by Crippen LogP contribution is 2.55. The van der Waals surface area contributed by atoms with Crippen LogP contribution in [0.15, 0.2) is 97.1 Å². The zero-order chi connectivity index (χ0) is 24.4. The summed E-state index contributed by atoms with van der Waals surface area (Å²) in [5.74, 6) is -1.76. The molecule has 4 aromatic rings. The van der Waals surface area contributed by atoms with Crippen LogP contribution in [0.5, 0.6) is 0 Å². The van der Waals surface area contributed by atoms with Crippen molar-refractivity contribution in [2.45, 2.75) is 31.1 Å². The summed E-state index contributed by atoms with van der Waals surface area (Å²) in [5.41, 5.74) is 7.65. The van der Waals surface area contributed by atoms with E-state index >= 15 is 0 Å². The first-order chi connectivity index (χ1) is 17.0. The molecule has 2 N–H and O–H groups in total. The topological polar surface area (TPSA) is 74.6 Å². The number of carbonyl (C=O) groups is 2. The summed E-state index contributed by atoms with van der Waals surface area (Å²) in [6.07, 6.45) is 0.603. The molecule has 0 aromatic heterocycles. The molecule has 4 nitrogen and oxygen atoms in total. The first-order valence-electron chi connectivity index (χ1n) is 11.8. The van der Waals surface area contributed by atoms with Crippen molar-refractivity contribution in [2.75, 3.05) is 0 Å². The van der Waals surface area contributed by atoms with Gasteiger partial charge in [-0.3, -0.25) is 9.59 Å². The van der Waals surface area contributed by atoms with Crippen LogP contribution in [0.3, 0.4) is 0 Å². The van der Waals surface area contributed by atoms with Crippen molar-refractivity contribution in [1.82, 2.24) is 0 Å². The maximum Gasteiger partial charge on any atom is 0.303 e. The van der Waals surface area contributed by atoms with E-state index in [0.29, 0.717) is 12.8 Å². The van der Waals surface area contributed by atoms with Gasteiger partial charge >= 0.3 is 11.9 Å². The van der Waals surface area contributed by atoms with E-state index in [1.54, 1.807) is 0 Å². The second-order valence-corrected chi connectivity index (χ2v) is 9.12. The molecule has 4 heteroatoms. The van der Waals surface area contributed by atoms with Crippen LogP contribution >= 0.6 is 0 Å². The van der Waals surface area contributed by atoms with E-state index in [1.165, 1.54) is 0 Å². The van der Waals surface area contributed by atoms with E-state index in [0.717, 1.165) is 44.5 Å². The Morgan fingerprint density at radius 2 is 0.943 bits per heavy atom. The normalized spacial score (nSPS) is 13.1. The molecule has 0 radical (unpaired) electrons. The van der Waals surface area contributed by atoms with Crippen molar-refractivity contribution in [3.63, 3.8) is 0 Å². The largest absolute Gasteiger partial charge is 0.481 e. The van der Waals surface area contributed by atoms with E-state index in [1.807, 2.05) is 60.7 Å². The Labute approximate surface area is 204 Å². The minimum Gasteiger partial charge on any atom is -0.481 e. The van der Waals surface area contributed by atoms with Crippen LogP contribution in [0.4, 0.5) is 0 Å². The lowest BCUT2D eigenvalue weighted by atomic mass is 9.70. The Balaban J connectivity index is 1.73. The molecule has 0 aliphatic heterocycles. The van der Waals surface area contributed by atoms with Gasteiger partial charge in [-0.15, -0.1) is 0 Å². The quantitative estimate of drug-likeness (QED) is 0.295. The fourth-order valence-electron chi connectivity index (χ4n) is 5.42. The second kappa shape index (κ2) is 9.22. The molecular weight excluding hydrogens is 436 g/mol. The van der Waals surface area contributed by atoms with Crippen LogP contribution in [0.2, 0.25) is 0 Å². The SMILES string of the molecule is O=C(O)CCC1(CCC(=O)O)c2cc(-c3ccccc3)ccc2-c2ccc(-c3ccccc3)cc21. The van der Waals surface area contributed by atoms with E-state index in [9.17, 15) is 19.8 Å². The number of benzene rings is 4. The van der Waals surface area contributed by atoms with Gasteiger partial charge in [0.05, 0.1) is 0 Å². The number of rotatable bonds is 8. The predicted molar refractivity (Wildman–Crippen MR) is 137 cm³/mol. The molecule has 0 heterocycles. The molecule has 4 aromatic carbocycles. The van der Waals surface area contributed by atoms with E-state index in [4.69, 9.17) is 0 Å². The Bertz CT molecular complexity index is 1280. The fraction of sp³-hybridized carbons (Fsp3) is 0.161. The summed E-state index contributed by atoms with van der Waals surface area (Å²) in [5, 5.41) is 19.2. The molecule has 1 aliphatic carbocycles. The molecule has 35 heavy (non-hydrogen) atoms. The van der Waals surface area contributed by atoms with Crippen LogP contribution in [-0.4, -0.2) is 22.2 Å². The monoisotopic (exact) mass is 462 g/mol. The van der Waals surface area contributed by atoms with Crippen molar-refractivity contribution >= 4 is 11.9 Å². The zero-order valence-electron chi connectivity index (χ0n) is 19.3. The Hall–Kier alpha value is -4.18. The molecule has 1 aliphatic rings. The first-order valence-corrected chi connectivity index (χ1v) is 11.8. The van der Waals surface area contributed by atoms with Gasteiger partial charge in [0.1, 0.15) is 0 Å².